The summed E-state index contributed by atoms with van der Waals surface area (Å²) in [5.41, 5.74) is 0.938. The van der Waals surface area contributed by atoms with E-state index in [0.29, 0.717) is 11.1 Å². The topological polar surface area (TPSA) is 37.3 Å². The molecule has 0 aliphatic carbocycles. The lowest BCUT2D eigenvalue weighted by Gasteiger charge is -2.10. The number of rotatable bonds is 2. The van der Waals surface area contributed by atoms with Gasteiger partial charge in [-0.1, -0.05) is 24.3 Å². The van der Waals surface area contributed by atoms with Crippen molar-refractivity contribution in [2.45, 2.75) is 6.92 Å². The molecule has 0 saturated heterocycles. The van der Waals surface area contributed by atoms with E-state index in [4.69, 9.17) is 5.11 Å². The molecule has 0 aliphatic heterocycles. The molecule has 1 N–H and O–H groups in total. The summed E-state index contributed by atoms with van der Waals surface area (Å²) in [6.07, 6.45) is 0. The highest BCUT2D eigenvalue weighted by molar-refractivity contribution is 5.92. The third-order valence-corrected chi connectivity index (χ3v) is 2.81. The van der Waals surface area contributed by atoms with Crippen LogP contribution in [0.3, 0.4) is 0 Å². The summed E-state index contributed by atoms with van der Waals surface area (Å²) in [5, 5.41) is 8.99. The molecule has 2 rings (SSSR count). The van der Waals surface area contributed by atoms with Crippen LogP contribution >= 0.6 is 0 Å². The van der Waals surface area contributed by atoms with Gasteiger partial charge in [-0.25, -0.2) is 13.6 Å². The maximum atomic E-state index is 13.7. The number of hydrogen-bond donors (Lipinski definition) is 1. The molecule has 4 heteroatoms. The molecule has 2 aromatic rings. The predicted molar refractivity (Wildman–Crippen MR) is 63.5 cm³/mol. The van der Waals surface area contributed by atoms with Crippen molar-refractivity contribution in [3.05, 3.63) is 59.2 Å². The fourth-order valence-electron chi connectivity index (χ4n) is 1.87. The number of carboxylic acids is 1. The van der Waals surface area contributed by atoms with Gasteiger partial charge in [-0.2, -0.15) is 0 Å². The van der Waals surface area contributed by atoms with Gasteiger partial charge in [-0.05, 0) is 30.2 Å². The summed E-state index contributed by atoms with van der Waals surface area (Å²) in [4.78, 5) is 11.0. The fraction of sp³-hybridized carbons (Fsp3) is 0.0714. The number of aromatic carboxylic acids is 1. The molecule has 0 aliphatic rings. The molecule has 0 aromatic heterocycles. The fourth-order valence-corrected chi connectivity index (χ4v) is 1.87. The van der Waals surface area contributed by atoms with E-state index >= 15 is 0 Å². The van der Waals surface area contributed by atoms with Gasteiger partial charge in [-0.15, -0.1) is 0 Å². The third kappa shape index (κ3) is 1.97. The quantitative estimate of drug-likeness (QED) is 0.880. The number of benzene rings is 2. The van der Waals surface area contributed by atoms with Crippen molar-refractivity contribution in [1.29, 1.82) is 0 Å². The first kappa shape index (κ1) is 12.2. The van der Waals surface area contributed by atoms with Crippen LogP contribution in [0.25, 0.3) is 11.1 Å². The van der Waals surface area contributed by atoms with Crippen LogP contribution in [0.4, 0.5) is 8.78 Å². The number of carbonyl (C=O) groups is 1. The molecule has 92 valence electrons. The lowest BCUT2D eigenvalue weighted by Crippen LogP contribution is -2.01. The molecule has 0 bridgehead atoms. The Balaban J connectivity index is 2.69. The molecule has 0 amide bonds. The van der Waals surface area contributed by atoms with Crippen LogP contribution in [-0.2, 0) is 0 Å². The standard InChI is InChI=1S/C14H10F2O2/c1-8-9(4-2-5-10(8)14(17)18)11-6-3-7-12(15)13(11)16/h2-7H,1H3,(H,17,18). The predicted octanol–water partition coefficient (Wildman–Crippen LogP) is 3.64. The van der Waals surface area contributed by atoms with Crippen molar-refractivity contribution in [1.82, 2.24) is 0 Å². The molecule has 18 heavy (non-hydrogen) atoms. The van der Waals surface area contributed by atoms with Gasteiger partial charge in [-0.3, -0.25) is 0 Å². The first-order valence-corrected chi connectivity index (χ1v) is 5.29. The zero-order chi connectivity index (χ0) is 13.3. The van der Waals surface area contributed by atoms with Crippen molar-refractivity contribution in [3.63, 3.8) is 0 Å². The average Bonchev–Trinajstić information content (AvgIpc) is 2.33. The van der Waals surface area contributed by atoms with Gasteiger partial charge in [0.25, 0.3) is 0 Å². The largest absolute Gasteiger partial charge is 0.478 e. The summed E-state index contributed by atoms with van der Waals surface area (Å²) in [6.45, 7) is 1.57. The molecule has 0 atom stereocenters. The van der Waals surface area contributed by atoms with E-state index in [-0.39, 0.29) is 11.1 Å². The zero-order valence-corrected chi connectivity index (χ0v) is 9.58. The third-order valence-electron chi connectivity index (χ3n) is 2.81. The zero-order valence-electron chi connectivity index (χ0n) is 9.58. The van der Waals surface area contributed by atoms with E-state index in [9.17, 15) is 13.6 Å². The van der Waals surface area contributed by atoms with E-state index < -0.39 is 17.6 Å². The van der Waals surface area contributed by atoms with E-state index in [1.807, 2.05) is 0 Å². The Kier molecular flexibility index (Phi) is 3.10. The lowest BCUT2D eigenvalue weighted by atomic mass is 9.96. The lowest BCUT2D eigenvalue weighted by molar-refractivity contribution is 0.0696. The molecule has 0 fully saturated rings. The summed E-state index contributed by atoms with van der Waals surface area (Å²) >= 11 is 0. The Morgan fingerprint density at radius 1 is 1.06 bits per heavy atom. The summed E-state index contributed by atoms with van der Waals surface area (Å²) < 4.78 is 26.8. The molecular weight excluding hydrogens is 238 g/mol. The Bertz CT molecular complexity index is 621. The van der Waals surface area contributed by atoms with E-state index in [2.05, 4.69) is 0 Å². The van der Waals surface area contributed by atoms with Crippen molar-refractivity contribution < 1.29 is 18.7 Å². The van der Waals surface area contributed by atoms with Crippen LogP contribution in [0.15, 0.2) is 36.4 Å². The molecule has 0 radical (unpaired) electrons. The first-order valence-electron chi connectivity index (χ1n) is 5.29. The molecule has 0 heterocycles. The summed E-state index contributed by atoms with van der Waals surface area (Å²) in [7, 11) is 0. The molecular formula is C14H10F2O2. The smallest absolute Gasteiger partial charge is 0.335 e. The first-order chi connectivity index (χ1) is 8.52. The van der Waals surface area contributed by atoms with Crippen LogP contribution in [0, 0.1) is 18.6 Å². The monoisotopic (exact) mass is 248 g/mol. The Labute approximate surface area is 103 Å². The highest BCUT2D eigenvalue weighted by atomic mass is 19.2. The average molecular weight is 248 g/mol. The van der Waals surface area contributed by atoms with Gasteiger partial charge in [0.05, 0.1) is 5.56 Å². The second-order valence-electron chi connectivity index (χ2n) is 3.88. The van der Waals surface area contributed by atoms with E-state index in [1.165, 1.54) is 24.3 Å². The molecule has 2 aromatic carbocycles. The van der Waals surface area contributed by atoms with Crippen LogP contribution in [0.5, 0.6) is 0 Å². The van der Waals surface area contributed by atoms with E-state index in [0.717, 1.165) is 6.07 Å². The molecule has 0 spiro atoms. The second-order valence-corrected chi connectivity index (χ2v) is 3.88. The van der Waals surface area contributed by atoms with Crippen molar-refractivity contribution in [3.8, 4) is 11.1 Å². The van der Waals surface area contributed by atoms with Crippen LogP contribution in [0.2, 0.25) is 0 Å². The van der Waals surface area contributed by atoms with E-state index in [1.54, 1.807) is 13.0 Å². The van der Waals surface area contributed by atoms with Crippen LogP contribution in [-0.4, -0.2) is 11.1 Å². The maximum absolute atomic E-state index is 13.7. The van der Waals surface area contributed by atoms with Crippen LogP contribution in [0.1, 0.15) is 15.9 Å². The van der Waals surface area contributed by atoms with Gasteiger partial charge < -0.3 is 5.11 Å². The SMILES string of the molecule is Cc1c(C(=O)O)cccc1-c1cccc(F)c1F. The minimum atomic E-state index is -1.09. The van der Waals surface area contributed by atoms with Gasteiger partial charge >= 0.3 is 5.97 Å². The number of hydrogen-bond acceptors (Lipinski definition) is 1. The highest BCUT2D eigenvalue weighted by Gasteiger charge is 2.15. The normalized spacial score (nSPS) is 10.4. The van der Waals surface area contributed by atoms with Gasteiger partial charge in [0.2, 0.25) is 0 Å². The minimum absolute atomic E-state index is 0.0654. The maximum Gasteiger partial charge on any atom is 0.335 e. The van der Waals surface area contributed by atoms with Crippen molar-refractivity contribution >= 4 is 5.97 Å². The molecule has 2 nitrogen and oxygen atoms in total. The Morgan fingerprint density at radius 3 is 2.33 bits per heavy atom. The van der Waals surface area contributed by atoms with Crippen molar-refractivity contribution in [2.75, 3.05) is 0 Å². The molecule has 0 saturated carbocycles. The van der Waals surface area contributed by atoms with Gasteiger partial charge in [0.1, 0.15) is 0 Å². The Hall–Kier alpha value is -2.23. The van der Waals surface area contributed by atoms with Gasteiger partial charge in [0.15, 0.2) is 11.6 Å². The summed E-state index contributed by atoms with van der Waals surface area (Å²) in [5.74, 6) is -3.01. The minimum Gasteiger partial charge on any atom is -0.478 e. The highest BCUT2D eigenvalue weighted by Crippen LogP contribution is 2.29. The van der Waals surface area contributed by atoms with Crippen LogP contribution < -0.4 is 0 Å². The second kappa shape index (κ2) is 4.56. The molecule has 0 unspecified atom stereocenters. The van der Waals surface area contributed by atoms with Gasteiger partial charge in [0, 0.05) is 5.56 Å². The van der Waals surface area contributed by atoms with Crippen molar-refractivity contribution in [2.24, 2.45) is 0 Å². The number of halogens is 2. The summed E-state index contributed by atoms with van der Waals surface area (Å²) in [6, 6.07) is 8.34. The number of carboxylic acid groups (broad SMARTS) is 1. The Morgan fingerprint density at radius 2 is 1.67 bits per heavy atom.